The van der Waals surface area contributed by atoms with Crippen LogP contribution in [0.5, 0.6) is 11.5 Å². The summed E-state index contributed by atoms with van der Waals surface area (Å²) in [4.78, 5) is 0. The number of nitrogens with zero attached hydrogens (tertiary/aromatic N) is 1. The normalized spacial score (nSPS) is 9.81. The highest BCUT2D eigenvalue weighted by molar-refractivity contribution is 9.10. The van der Waals surface area contributed by atoms with Gasteiger partial charge in [0.1, 0.15) is 17.6 Å². The van der Waals surface area contributed by atoms with Gasteiger partial charge >= 0.3 is 0 Å². The fraction of sp³-hybridized carbons (Fsp3) is 0.188. The predicted octanol–water partition coefficient (Wildman–Crippen LogP) is 3.95. The van der Waals surface area contributed by atoms with E-state index >= 15 is 0 Å². The van der Waals surface area contributed by atoms with Gasteiger partial charge in [-0.2, -0.15) is 5.26 Å². The van der Waals surface area contributed by atoms with E-state index in [0.717, 1.165) is 21.5 Å². The Morgan fingerprint density at radius 1 is 1.10 bits per heavy atom. The van der Waals surface area contributed by atoms with Crippen molar-refractivity contribution < 1.29 is 9.47 Å². The Bertz CT molecular complexity index is 680. The van der Waals surface area contributed by atoms with Crippen molar-refractivity contribution in [1.29, 1.82) is 5.26 Å². The topological polar surface area (TPSA) is 54.3 Å². The van der Waals surface area contributed by atoms with Crippen LogP contribution in [-0.4, -0.2) is 14.2 Å². The first-order valence-corrected chi connectivity index (χ1v) is 7.11. The lowest BCUT2D eigenvalue weighted by atomic mass is 10.1. The number of nitriles is 1. The van der Waals surface area contributed by atoms with E-state index in [1.54, 1.807) is 20.3 Å². The minimum absolute atomic E-state index is 0.536. The Hall–Kier alpha value is -2.19. The molecular formula is C16H15BrN2O2. The van der Waals surface area contributed by atoms with E-state index in [1.165, 1.54) is 0 Å². The molecule has 1 N–H and O–H groups in total. The summed E-state index contributed by atoms with van der Waals surface area (Å²) < 4.78 is 11.3. The summed E-state index contributed by atoms with van der Waals surface area (Å²) in [5.74, 6) is 1.38. The molecule has 5 heteroatoms. The monoisotopic (exact) mass is 346 g/mol. The number of benzene rings is 2. The van der Waals surface area contributed by atoms with Crippen molar-refractivity contribution in [3.8, 4) is 17.6 Å². The van der Waals surface area contributed by atoms with Gasteiger partial charge in [-0.3, -0.25) is 0 Å². The van der Waals surface area contributed by atoms with Crippen molar-refractivity contribution in [1.82, 2.24) is 0 Å². The number of hydrogen-bond acceptors (Lipinski definition) is 4. The molecule has 2 aromatic carbocycles. The fourth-order valence-electron chi connectivity index (χ4n) is 1.92. The van der Waals surface area contributed by atoms with Crippen LogP contribution in [0.2, 0.25) is 0 Å². The van der Waals surface area contributed by atoms with Gasteiger partial charge in [0.2, 0.25) is 0 Å². The summed E-state index contributed by atoms with van der Waals surface area (Å²) in [6.45, 7) is 0.640. The molecule has 21 heavy (non-hydrogen) atoms. The second kappa shape index (κ2) is 7.00. The third-order valence-electron chi connectivity index (χ3n) is 3.03. The lowest BCUT2D eigenvalue weighted by Gasteiger charge is -2.10. The van der Waals surface area contributed by atoms with Crippen LogP contribution in [0.1, 0.15) is 11.1 Å². The first-order valence-electron chi connectivity index (χ1n) is 6.32. The molecule has 2 aromatic rings. The number of methoxy groups -OCH3 is 2. The van der Waals surface area contributed by atoms with Crippen molar-refractivity contribution >= 4 is 21.6 Å². The standard InChI is InChI=1S/C16H15BrN2O2/c1-20-15-6-5-13(8-14(15)17)19-10-11-3-4-12(9-18)16(7-11)21-2/h3-8,19H,10H2,1-2H3. The third-order valence-corrected chi connectivity index (χ3v) is 3.65. The van der Waals surface area contributed by atoms with Crippen LogP contribution in [0, 0.1) is 11.3 Å². The molecule has 0 aliphatic heterocycles. The fourth-order valence-corrected chi connectivity index (χ4v) is 2.46. The number of rotatable bonds is 5. The van der Waals surface area contributed by atoms with Gasteiger partial charge in [-0.15, -0.1) is 0 Å². The highest BCUT2D eigenvalue weighted by atomic mass is 79.9. The van der Waals surface area contributed by atoms with E-state index in [0.29, 0.717) is 17.9 Å². The number of ether oxygens (including phenoxy) is 2. The zero-order valence-corrected chi connectivity index (χ0v) is 13.4. The molecular weight excluding hydrogens is 332 g/mol. The maximum atomic E-state index is 8.97. The molecule has 0 aliphatic carbocycles. The quantitative estimate of drug-likeness (QED) is 0.890. The SMILES string of the molecule is COc1ccc(NCc2ccc(C#N)c(OC)c2)cc1Br. The van der Waals surface area contributed by atoms with Gasteiger partial charge in [0.05, 0.1) is 24.3 Å². The molecule has 0 amide bonds. The molecule has 0 unspecified atom stereocenters. The maximum absolute atomic E-state index is 8.97. The third kappa shape index (κ3) is 3.67. The highest BCUT2D eigenvalue weighted by Crippen LogP contribution is 2.28. The molecule has 0 radical (unpaired) electrons. The van der Waals surface area contributed by atoms with E-state index < -0.39 is 0 Å². The average Bonchev–Trinajstić information content (AvgIpc) is 2.52. The summed E-state index contributed by atoms with van der Waals surface area (Å²) in [5, 5.41) is 12.3. The van der Waals surface area contributed by atoms with Gasteiger partial charge in [-0.1, -0.05) is 6.07 Å². The zero-order chi connectivity index (χ0) is 15.2. The highest BCUT2D eigenvalue weighted by Gasteiger charge is 2.05. The summed E-state index contributed by atoms with van der Waals surface area (Å²) >= 11 is 3.45. The minimum Gasteiger partial charge on any atom is -0.496 e. The molecule has 108 valence electrons. The number of halogens is 1. The van der Waals surface area contributed by atoms with E-state index in [2.05, 4.69) is 27.3 Å². The maximum Gasteiger partial charge on any atom is 0.136 e. The molecule has 0 aliphatic rings. The van der Waals surface area contributed by atoms with E-state index in [1.807, 2.05) is 30.3 Å². The Kier molecular flexibility index (Phi) is 5.07. The summed E-state index contributed by atoms with van der Waals surface area (Å²) in [7, 11) is 3.20. The van der Waals surface area contributed by atoms with E-state index in [9.17, 15) is 0 Å². The first-order chi connectivity index (χ1) is 10.2. The lowest BCUT2D eigenvalue weighted by molar-refractivity contribution is 0.412. The van der Waals surface area contributed by atoms with Crippen molar-refractivity contribution in [2.45, 2.75) is 6.54 Å². The van der Waals surface area contributed by atoms with Gasteiger partial charge in [-0.05, 0) is 51.8 Å². The molecule has 0 spiro atoms. The van der Waals surface area contributed by atoms with Gasteiger partial charge in [-0.25, -0.2) is 0 Å². The Balaban J connectivity index is 2.10. The van der Waals surface area contributed by atoms with Crippen molar-refractivity contribution in [3.63, 3.8) is 0 Å². The first kappa shape index (κ1) is 15.2. The molecule has 0 saturated heterocycles. The molecule has 0 atom stereocenters. The van der Waals surface area contributed by atoms with Crippen LogP contribution in [0.25, 0.3) is 0 Å². The van der Waals surface area contributed by atoms with Gasteiger partial charge in [0.25, 0.3) is 0 Å². The number of hydrogen-bond donors (Lipinski definition) is 1. The van der Waals surface area contributed by atoms with Crippen LogP contribution in [0.15, 0.2) is 40.9 Å². The van der Waals surface area contributed by atoms with Crippen LogP contribution in [0.4, 0.5) is 5.69 Å². The summed E-state index contributed by atoms with van der Waals surface area (Å²) in [6, 6.07) is 13.4. The number of anilines is 1. The van der Waals surface area contributed by atoms with E-state index in [4.69, 9.17) is 14.7 Å². The van der Waals surface area contributed by atoms with Crippen molar-refractivity contribution in [3.05, 3.63) is 52.0 Å². The van der Waals surface area contributed by atoms with E-state index in [-0.39, 0.29) is 0 Å². The number of nitrogens with one attached hydrogen (secondary N) is 1. The predicted molar refractivity (Wildman–Crippen MR) is 85.7 cm³/mol. The van der Waals surface area contributed by atoms with Gasteiger partial charge < -0.3 is 14.8 Å². The van der Waals surface area contributed by atoms with Crippen LogP contribution >= 0.6 is 15.9 Å². The Labute approximate surface area is 132 Å². The van der Waals surface area contributed by atoms with Crippen LogP contribution < -0.4 is 14.8 Å². The second-order valence-corrected chi connectivity index (χ2v) is 5.20. The zero-order valence-electron chi connectivity index (χ0n) is 11.8. The average molecular weight is 347 g/mol. The molecule has 0 bridgehead atoms. The smallest absolute Gasteiger partial charge is 0.136 e. The molecule has 0 saturated carbocycles. The van der Waals surface area contributed by atoms with Crippen LogP contribution in [0.3, 0.4) is 0 Å². The summed E-state index contributed by atoms with van der Waals surface area (Å²) in [6.07, 6.45) is 0. The molecule has 0 aromatic heterocycles. The summed E-state index contributed by atoms with van der Waals surface area (Å²) in [5.41, 5.74) is 2.55. The van der Waals surface area contributed by atoms with Gasteiger partial charge in [0, 0.05) is 12.2 Å². The lowest BCUT2D eigenvalue weighted by Crippen LogP contribution is -2.00. The van der Waals surface area contributed by atoms with Crippen molar-refractivity contribution in [2.75, 3.05) is 19.5 Å². The molecule has 0 fully saturated rings. The molecule has 4 nitrogen and oxygen atoms in total. The largest absolute Gasteiger partial charge is 0.496 e. The van der Waals surface area contributed by atoms with Crippen LogP contribution in [-0.2, 0) is 6.54 Å². The van der Waals surface area contributed by atoms with Gasteiger partial charge in [0.15, 0.2) is 0 Å². The van der Waals surface area contributed by atoms with Crippen molar-refractivity contribution in [2.24, 2.45) is 0 Å². The minimum atomic E-state index is 0.536. The molecule has 0 heterocycles. The Morgan fingerprint density at radius 2 is 1.86 bits per heavy atom. The Morgan fingerprint density at radius 3 is 2.48 bits per heavy atom. The second-order valence-electron chi connectivity index (χ2n) is 4.35. The molecule has 2 rings (SSSR count).